The minimum Gasteiger partial charge on any atom is -0.493 e. The van der Waals surface area contributed by atoms with Crippen LogP contribution in [-0.2, 0) is 0 Å². The molecule has 0 unspecified atom stereocenters. The van der Waals surface area contributed by atoms with Crippen molar-refractivity contribution in [1.82, 2.24) is 14.6 Å². The second kappa shape index (κ2) is 4.74. The molecule has 106 valence electrons. The van der Waals surface area contributed by atoms with Crippen molar-refractivity contribution in [2.45, 2.75) is 0 Å². The molecule has 0 saturated carbocycles. The van der Waals surface area contributed by atoms with Crippen molar-refractivity contribution >= 4 is 27.5 Å². The van der Waals surface area contributed by atoms with Gasteiger partial charge in [0.1, 0.15) is 11.2 Å². The van der Waals surface area contributed by atoms with Gasteiger partial charge in [0.15, 0.2) is 5.69 Å². The van der Waals surface area contributed by atoms with E-state index in [2.05, 4.69) is 26.0 Å². The summed E-state index contributed by atoms with van der Waals surface area (Å²) in [5.74, 6) is -1.66. The maximum absolute atomic E-state index is 12.1. The number of rotatable bonds is 2. The number of aromatic nitrogens is 3. The van der Waals surface area contributed by atoms with Crippen LogP contribution < -0.4 is 5.56 Å². The molecule has 0 aliphatic heterocycles. The number of aromatic carboxylic acids is 1. The van der Waals surface area contributed by atoms with E-state index >= 15 is 0 Å². The average molecular weight is 350 g/mol. The van der Waals surface area contributed by atoms with Gasteiger partial charge in [-0.3, -0.25) is 4.79 Å². The summed E-state index contributed by atoms with van der Waals surface area (Å²) in [6, 6.07) is 7.99. The molecule has 7 nitrogen and oxygen atoms in total. The van der Waals surface area contributed by atoms with Gasteiger partial charge in [0.05, 0.1) is 0 Å². The number of carboxylic acids is 1. The Bertz CT molecular complexity index is 929. The zero-order valence-electron chi connectivity index (χ0n) is 10.4. The zero-order valence-corrected chi connectivity index (χ0v) is 12.0. The van der Waals surface area contributed by atoms with Crippen molar-refractivity contribution < 1.29 is 15.0 Å². The highest BCUT2D eigenvalue weighted by Crippen LogP contribution is 2.27. The molecule has 0 atom stereocenters. The molecule has 2 aromatic heterocycles. The number of halogens is 1. The van der Waals surface area contributed by atoms with Gasteiger partial charge < -0.3 is 15.2 Å². The Kier molecular flexibility index (Phi) is 3.02. The first-order valence-corrected chi connectivity index (χ1v) is 6.61. The highest BCUT2D eigenvalue weighted by atomic mass is 79.9. The number of benzene rings is 1. The van der Waals surface area contributed by atoms with Crippen LogP contribution >= 0.6 is 15.9 Å². The molecule has 1 aromatic carbocycles. The molecule has 21 heavy (non-hydrogen) atoms. The fraction of sp³-hybridized carbons (Fsp3) is 0. The van der Waals surface area contributed by atoms with Gasteiger partial charge in [0.25, 0.3) is 5.56 Å². The van der Waals surface area contributed by atoms with Crippen molar-refractivity contribution in [3.05, 3.63) is 50.9 Å². The van der Waals surface area contributed by atoms with Crippen LogP contribution in [0, 0.1) is 0 Å². The summed E-state index contributed by atoms with van der Waals surface area (Å²) < 4.78 is 1.73. The Labute approximate surface area is 125 Å². The predicted molar refractivity (Wildman–Crippen MR) is 77.6 cm³/mol. The zero-order chi connectivity index (χ0) is 15.1. The molecule has 8 heteroatoms. The molecule has 0 saturated heterocycles. The molecule has 0 amide bonds. The van der Waals surface area contributed by atoms with Crippen LogP contribution in [0.2, 0.25) is 0 Å². The van der Waals surface area contributed by atoms with Crippen LogP contribution in [-0.4, -0.2) is 30.8 Å². The lowest BCUT2D eigenvalue weighted by Crippen LogP contribution is -2.12. The van der Waals surface area contributed by atoms with Gasteiger partial charge in [0.2, 0.25) is 5.88 Å². The number of H-pyrrole nitrogens is 1. The van der Waals surface area contributed by atoms with Crippen LogP contribution in [0.25, 0.3) is 16.8 Å². The summed E-state index contributed by atoms with van der Waals surface area (Å²) >= 11 is 3.29. The van der Waals surface area contributed by atoms with Crippen LogP contribution in [0.5, 0.6) is 5.88 Å². The van der Waals surface area contributed by atoms with Crippen molar-refractivity contribution in [2.75, 3.05) is 0 Å². The minimum absolute atomic E-state index is 0.0174. The number of nitrogens with zero attached hydrogens (tertiary/aromatic N) is 2. The van der Waals surface area contributed by atoms with E-state index in [1.54, 1.807) is 24.3 Å². The number of fused-ring (bicyclic) bond motifs is 1. The topological polar surface area (TPSA) is 108 Å². The summed E-state index contributed by atoms with van der Waals surface area (Å²) in [6.07, 6.45) is 0. The number of hydrogen-bond donors (Lipinski definition) is 3. The Hall–Kier alpha value is -2.61. The van der Waals surface area contributed by atoms with Gasteiger partial charge in [-0.15, -0.1) is 0 Å². The fourth-order valence-electron chi connectivity index (χ4n) is 2.03. The monoisotopic (exact) mass is 349 g/mol. The molecular weight excluding hydrogens is 342 g/mol. The van der Waals surface area contributed by atoms with E-state index in [0.717, 1.165) is 8.99 Å². The van der Waals surface area contributed by atoms with Crippen molar-refractivity contribution in [3.63, 3.8) is 0 Å². The van der Waals surface area contributed by atoms with Gasteiger partial charge in [-0.1, -0.05) is 28.1 Å². The largest absolute Gasteiger partial charge is 0.493 e. The lowest BCUT2D eigenvalue weighted by molar-refractivity contribution is 0.0690. The summed E-state index contributed by atoms with van der Waals surface area (Å²) in [5, 5.41) is 22.9. The number of nitrogens with one attached hydrogen (secondary N) is 1. The van der Waals surface area contributed by atoms with E-state index < -0.39 is 17.4 Å². The number of aromatic amines is 1. The van der Waals surface area contributed by atoms with Crippen molar-refractivity contribution in [1.29, 1.82) is 0 Å². The lowest BCUT2D eigenvalue weighted by atomic mass is 10.1. The molecule has 3 N–H and O–H groups in total. The Morgan fingerprint density at radius 2 is 2.10 bits per heavy atom. The van der Waals surface area contributed by atoms with Crippen LogP contribution in [0.3, 0.4) is 0 Å². The van der Waals surface area contributed by atoms with Crippen LogP contribution in [0.15, 0.2) is 39.6 Å². The second-order valence-electron chi connectivity index (χ2n) is 4.29. The predicted octanol–water partition coefficient (Wildman–Crippen LogP) is 1.86. The smallest absolute Gasteiger partial charge is 0.356 e. The third-order valence-corrected chi connectivity index (χ3v) is 3.43. The van der Waals surface area contributed by atoms with E-state index in [1.165, 1.54) is 6.07 Å². The number of carbonyl (C=O) groups is 1. The molecule has 0 fully saturated rings. The maximum atomic E-state index is 12.1. The molecule has 0 aliphatic carbocycles. The Morgan fingerprint density at radius 3 is 2.76 bits per heavy atom. The van der Waals surface area contributed by atoms with Crippen molar-refractivity contribution in [3.8, 4) is 17.0 Å². The van der Waals surface area contributed by atoms with E-state index in [-0.39, 0.29) is 16.9 Å². The summed E-state index contributed by atoms with van der Waals surface area (Å²) in [5.41, 5.74) is -0.197. The normalized spacial score (nSPS) is 10.9. The van der Waals surface area contributed by atoms with Gasteiger partial charge in [0, 0.05) is 10.5 Å². The third-order valence-electron chi connectivity index (χ3n) is 2.93. The first-order chi connectivity index (χ1) is 9.97. The standard InChI is InChI=1S/C13H8BrN3O4/c14-7-3-1-2-6(4-7)10-11(18)15-9-5-8(13(20)21)16-17(9)12(10)19/h1-5,19H,(H,15,18)(H,20,21). The molecule has 0 radical (unpaired) electrons. The number of aromatic hydroxyl groups is 1. The summed E-state index contributed by atoms with van der Waals surface area (Å²) in [4.78, 5) is 25.5. The van der Waals surface area contributed by atoms with E-state index in [9.17, 15) is 14.7 Å². The van der Waals surface area contributed by atoms with Gasteiger partial charge in [-0.25, -0.2) is 4.79 Å². The van der Waals surface area contributed by atoms with E-state index in [0.29, 0.717) is 5.56 Å². The minimum atomic E-state index is -1.25. The van der Waals surface area contributed by atoms with Crippen LogP contribution in [0.4, 0.5) is 0 Å². The summed E-state index contributed by atoms with van der Waals surface area (Å²) in [6.45, 7) is 0. The number of hydrogen-bond acceptors (Lipinski definition) is 4. The first-order valence-electron chi connectivity index (χ1n) is 5.81. The SMILES string of the molecule is O=C(O)c1cc2[nH]c(=O)c(-c3cccc(Br)c3)c(O)n2n1. The second-order valence-corrected chi connectivity index (χ2v) is 5.21. The third kappa shape index (κ3) is 2.19. The molecule has 0 spiro atoms. The lowest BCUT2D eigenvalue weighted by Gasteiger charge is -2.05. The molecule has 3 rings (SSSR count). The van der Waals surface area contributed by atoms with Gasteiger partial charge in [-0.2, -0.15) is 9.61 Å². The van der Waals surface area contributed by atoms with E-state index in [1.807, 2.05) is 0 Å². The van der Waals surface area contributed by atoms with Crippen LogP contribution in [0.1, 0.15) is 10.5 Å². The quantitative estimate of drug-likeness (QED) is 0.654. The molecule has 0 bridgehead atoms. The van der Waals surface area contributed by atoms with Crippen molar-refractivity contribution in [2.24, 2.45) is 0 Å². The fourth-order valence-corrected chi connectivity index (χ4v) is 2.43. The molecule has 3 aromatic rings. The Balaban J connectivity index is 2.34. The first kappa shape index (κ1) is 13.4. The van der Waals surface area contributed by atoms with Gasteiger partial charge in [-0.05, 0) is 17.7 Å². The maximum Gasteiger partial charge on any atom is 0.356 e. The summed E-state index contributed by atoms with van der Waals surface area (Å²) in [7, 11) is 0. The highest BCUT2D eigenvalue weighted by Gasteiger charge is 2.18. The average Bonchev–Trinajstić information content (AvgIpc) is 2.83. The molecular formula is C13H8BrN3O4. The van der Waals surface area contributed by atoms with E-state index in [4.69, 9.17) is 5.11 Å². The van der Waals surface area contributed by atoms with Gasteiger partial charge >= 0.3 is 5.97 Å². The highest BCUT2D eigenvalue weighted by molar-refractivity contribution is 9.10. The Morgan fingerprint density at radius 1 is 1.33 bits per heavy atom. The molecule has 2 heterocycles. The molecule has 0 aliphatic rings. The number of carboxylic acid groups (broad SMARTS) is 1.